The number of hydrogen-bond acceptors (Lipinski definition) is 2. The molecule has 7 rings (SSSR count). The lowest BCUT2D eigenvalue weighted by atomic mass is 9.73. The third-order valence-electron chi connectivity index (χ3n) is 9.27. The Morgan fingerprint density at radius 3 is 1.73 bits per heavy atom. The van der Waals surface area contributed by atoms with Crippen molar-refractivity contribution in [2.75, 3.05) is 4.90 Å². The smallest absolute Gasteiger partial charge is 0.0465 e. The summed E-state index contributed by atoms with van der Waals surface area (Å²) in [7, 11) is 0. The first-order valence-electron chi connectivity index (χ1n) is 15.6. The molecule has 44 heavy (non-hydrogen) atoms. The van der Waals surface area contributed by atoms with E-state index in [2.05, 4.69) is 171 Å². The fraction of sp³-hybridized carbons (Fsp3) is 0.143. The van der Waals surface area contributed by atoms with Gasteiger partial charge < -0.3 is 4.90 Å². The highest BCUT2D eigenvalue weighted by Crippen LogP contribution is 2.54. The summed E-state index contributed by atoms with van der Waals surface area (Å²) in [5.41, 5.74) is 12.9. The van der Waals surface area contributed by atoms with Gasteiger partial charge in [-0.1, -0.05) is 111 Å². The van der Waals surface area contributed by atoms with E-state index in [-0.39, 0.29) is 5.41 Å². The van der Waals surface area contributed by atoms with Gasteiger partial charge in [-0.05, 0) is 107 Å². The zero-order valence-corrected chi connectivity index (χ0v) is 26.4. The van der Waals surface area contributed by atoms with Crippen molar-refractivity contribution in [3.05, 3.63) is 161 Å². The van der Waals surface area contributed by atoms with Crippen molar-refractivity contribution in [1.82, 2.24) is 0 Å². The second-order valence-corrected chi connectivity index (χ2v) is 13.0. The van der Waals surface area contributed by atoms with Crippen LogP contribution in [0.15, 0.2) is 133 Å². The van der Waals surface area contributed by atoms with E-state index in [1.807, 2.05) is 11.3 Å². The number of fused-ring (bicyclic) bond motifs is 3. The number of benzene rings is 5. The third-order valence-corrected chi connectivity index (χ3v) is 10.3. The van der Waals surface area contributed by atoms with Crippen molar-refractivity contribution < 1.29 is 0 Å². The van der Waals surface area contributed by atoms with Crippen LogP contribution in [-0.2, 0) is 5.41 Å². The van der Waals surface area contributed by atoms with Gasteiger partial charge in [0.2, 0.25) is 0 Å². The van der Waals surface area contributed by atoms with Crippen LogP contribution < -0.4 is 4.90 Å². The molecule has 0 amide bonds. The van der Waals surface area contributed by atoms with Gasteiger partial charge in [0.15, 0.2) is 0 Å². The molecular formula is C42H37NS. The van der Waals surface area contributed by atoms with Crippen LogP contribution in [0.4, 0.5) is 17.1 Å². The zero-order chi connectivity index (χ0) is 30.1. The van der Waals surface area contributed by atoms with Gasteiger partial charge in [0, 0.05) is 32.2 Å². The molecule has 2 heteroatoms. The molecule has 0 spiro atoms. The average Bonchev–Trinajstić information content (AvgIpc) is 3.63. The van der Waals surface area contributed by atoms with Crippen LogP contribution in [0.1, 0.15) is 53.8 Å². The first-order valence-corrected chi connectivity index (χ1v) is 16.5. The number of para-hydroxylation sites is 2. The van der Waals surface area contributed by atoms with Gasteiger partial charge in [0.25, 0.3) is 0 Å². The minimum Gasteiger partial charge on any atom is -0.310 e. The summed E-state index contributed by atoms with van der Waals surface area (Å²) in [6, 6.07) is 48.9. The van der Waals surface area contributed by atoms with Gasteiger partial charge in [0.05, 0.1) is 0 Å². The molecule has 0 saturated carbocycles. The maximum atomic E-state index is 2.45. The Morgan fingerprint density at radius 2 is 1.14 bits per heavy atom. The van der Waals surface area contributed by atoms with Crippen LogP contribution in [-0.4, -0.2) is 0 Å². The van der Waals surface area contributed by atoms with E-state index in [9.17, 15) is 0 Å². The van der Waals surface area contributed by atoms with E-state index in [0.29, 0.717) is 0 Å². The molecule has 1 aromatic heterocycles. The van der Waals surface area contributed by atoms with Crippen molar-refractivity contribution in [1.29, 1.82) is 0 Å². The second kappa shape index (κ2) is 11.8. The predicted octanol–water partition coefficient (Wildman–Crippen LogP) is 12.5. The molecule has 0 bridgehead atoms. The number of aryl methyl sites for hydroxylation is 1. The molecule has 216 valence electrons. The molecule has 0 saturated heterocycles. The SMILES string of the molecule is CCC1(CC)c2cc(/C=C/c3ccc(-c4ccc(C)s4)cc3)ccc2-c2ccc(N(c3ccccc3)c3ccccc3)cc21. The van der Waals surface area contributed by atoms with Crippen LogP contribution in [0.3, 0.4) is 0 Å². The maximum Gasteiger partial charge on any atom is 0.0465 e. The van der Waals surface area contributed by atoms with Crippen LogP contribution in [0.2, 0.25) is 0 Å². The Bertz CT molecular complexity index is 1890. The van der Waals surface area contributed by atoms with Gasteiger partial charge in [-0.2, -0.15) is 0 Å². The Kier molecular flexibility index (Phi) is 7.54. The van der Waals surface area contributed by atoms with E-state index in [0.717, 1.165) is 12.8 Å². The molecule has 6 aromatic rings. The Hall–Kier alpha value is -4.66. The molecule has 1 aliphatic rings. The number of thiophene rings is 1. The van der Waals surface area contributed by atoms with Crippen molar-refractivity contribution in [2.45, 2.75) is 39.0 Å². The van der Waals surface area contributed by atoms with Gasteiger partial charge in [-0.25, -0.2) is 0 Å². The summed E-state index contributed by atoms with van der Waals surface area (Å²) >= 11 is 1.85. The molecule has 0 fully saturated rings. The molecule has 1 aliphatic carbocycles. The zero-order valence-electron chi connectivity index (χ0n) is 25.6. The topological polar surface area (TPSA) is 3.24 Å². The molecule has 0 radical (unpaired) electrons. The highest BCUT2D eigenvalue weighted by molar-refractivity contribution is 7.15. The maximum absolute atomic E-state index is 2.45. The molecule has 1 nitrogen and oxygen atoms in total. The Balaban J connectivity index is 1.24. The molecule has 0 aliphatic heterocycles. The summed E-state index contributed by atoms with van der Waals surface area (Å²) in [6.45, 7) is 6.86. The number of hydrogen-bond donors (Lipinski definition) is 0. The van der Waals surface area contributed by atoms with Gasteiger partial charge in [-0.15, -0.1) is 11.3 Å². The lowest BCUT2D eigenvalue weighted by Gasteiger charge is -2.32. The van der Waals surface area contributed by atoms with E-state index in [1.165, 1.54) is 65.8 Å². The second-order valence-electron chi connectivity index (χ2n) is 11.7. The molecule has 0 atom stereocenters. The van der Waals surface area contributed by atoms with Crippen molar-refractivity contribution in [2.24, 2.45) is 0 Å². The highest BCUT2D eigenvalue weighted by Gasteiger charge is 2.41. The number of anilines is 3. The molecule has 0 N–H and O–H groups in total. The molecule has 1 heterocycles. The van der Waals surface area contributed by atoms with Crippen molar-refractivity contribution in [3.8, 4) is 21.6 Å². The summed E-state index contributed by atoms with van der Waals surface area (Å²) in [5.74, 6) is 0. The third kappa shape index (κ3) is 5.00. The molecular weight excluding hydrogens is 551 g/mol. The van der Waals surface area contributed by atoms with E-state index < -0.39 is 0 Å². The molecule has 5 aromatic carbocycles. The fourth-order valence-electron chi connectivity index (χ4n) is 6.90. The first kappa shape index (κ1) is 28.1. The number of nitrogens with zero attached hydrogens (tertiary/aromatic N) is 1. The largest absolute Gasteiger partial charge is 0.310 e. The quantitative estimate of drug-likeness (QED) is 0.160. The highest BCUT2D eigenvalue weighted by atomic mass is 32.1. The van der Waals surface area contributed by atoms with Crippen LogP contribution in [0.5, 0.6) is 0 Å². The predicted molar refractivity (Wildman–Crippen MR) is 191 cm³/mol. The van der Waals surface area contributed by atoms with Crippen LogP contribution in [0, 0.1) is 6.92 Å². The van der Waals surface area contributed by atoms with Gasteiger partial charge in [-0.3, -0.25) is 0 Å². The molecule has 0 unspecified atom stereocenters. The summed E-state index contributed by atoms with van der Waals surface area (Å²) in [5, 5.41) is 0. The minimum atomic E-state index is -0.0238. The Morgan fingerprint density at radius 1 is 0.568 bits per heavy atom. The normalized spacial score (nSPS) is 13.2. The average molecular weight is 588 g/mol. The minimum absolute atomic E-state index is 0.0238. The van der Waals surface area contributed by atoms with Crippen LogP contribution >= 0.6 is 11.3 Å². The monoisotopic (exact) mass is 587 g/mol. The Labute approximate surface area is 265 Å². The van der Waals surface area contributed by atoms with E-state index >= 15 is 0 Å². The van der Waals surface area contributed by atoms with Crippen LogP contribution in [0.25, 0.3) is 33.7 Å². The van der Waals surface area contributed by atoms with E-state index in [1.54, 1.807) is 0 Å². The van der Waals surface area contributed by atoms with Gasteiger partial charge >= 0.3 is 0 Å². The van der Waals surface area contributed by atoms with Gasteiger partial charge in [0.1, 0.15) is 0 Å². The van der Waals surface area contributed by atoms with E-state index in [4.69, 9.17) is 0 Å². The summed E-state index contributed by atoms with van der Waals surface area (Å²) < 4.78 is 0. The lowest BCUT2D eigenvalue weighted by molar-refractivity contribution is 0.490. The fourth-order valence-corrected chi connectivity index (χ4v) is 7.77. The number of rotatable bonds is 8. The standard InChI is InChI=1S/C42H37NS/c1-4-42(5-2)39-28-32(18-17-31-19-22-33(23-20-31)41-27-16-30(3)44-41)21-25-37(39)38-26-24-36(29-40(38)42)43(34-12-8-6-9-13-34)35-14-10-7-11-15-35/h6-29H,4-5H2,1-3H3/b18-17+. The van der Waals surface area contributed by atoms with Crippen molar-refractivity contribution in [3.63, 3.8) is 0 Å². The summed E-state index contributed by atoms with van der Waals surface area (Å²) in [6.07, 6.45) is 6.62. The van der Waals surface area contributed by atoms with Crippen molar-refractivity contribution >= 4 is 40.6 Å². The lowest BCUT2D eigenvalue weighted by Crippen LogP contribution is -2.23. The first-order chi connectivity index (χ1) is 21.6. The summed E-state index contributed by atoms with van der Waals surface area (Å²) in [4.78, 5) is 5.04.